The average Bonchev–Trinajstić information content (AvgIpc) is 2.65. The van der Waals surface area contributed by atoms with Gasteiger partial charge in [-0.2, -0.15) is 0 Å². The maximum Gasteiger partial charge on any atom is 0.167 e. The van der Waals surface area contributed by atoms with Gasteiger partial charge < -0.3 is 9.47 Å². The van der Waals surface area contributed by atoms with Crippen molar-refractivity contribution in [3.63, 3.8) is 0 Å². The lowest BCUT2D eigenvalue weighted by atomic mass is 9.92. The van der Waals surface area contributed by atoms with Crippen molar-refractivity contribution < 1.29 is 22.6 Å². The monoisotopic (exact) mass is 362 g/mol. The first-order chi connectivity index (χ1) is 12.5. The normalized spacial score (nSPS) is 20.5. The van der Waals surface area contributed by atoms with E-state index >= 15 is 0 Å². The SMILES string of the molecule is C/C=C/C1CCC(c2ccc(-c3ccc(OC)c(F)c3)c(F)c2F)OC1. The van der Waals surface area contributed by atoms with Gasteiger partial charge in [-0.25, -0.2) is 13.2 Å². The summed E-state index contributed by atoms with van der Waals surface area (Å²) in [7, 11) is 1.35. The fourth-order valence-electron chi connectivity index (χ4n) is 3.31. The van der Waals surface area contributed by atoms with Crippen LogP contribution in [0.4, 0.5) is 13.2 Å². The quantitative estimate of drug-likeness (QED) is 0.638. The van der Waals surface area contributed by atoms with E-state index in [2.05, 4.69) is 6.08 Å². The maximum absolute atomic E-state index is 14.6. The number of ether oxygens (including phenoxy) is 2. The van der Waals surface area contributed by atoms with E-state index in [1.54, 1.807) is 0 Å². The Morgan fingerprint density at radius 2 is 1.88 bits per heavy atom. The Bertz CT molecular complexity index is 809. The molecule has 1 fully saturated rings. The topological polar surface area (TPSA) is 18.5 Å². The second-order valence-electron chi connectivity index (χ2n) is 6.36. The lowest BCUT2D eigenvalue weighted by Crippen LogP contribution is -2.20. The zero-order chi connectivity index (χ0) is 18.7. The van der Waals surface area contributed by atoms with Crippen LogP contribution in [0.25, 0.3) is 11.1 Å². The van der Waals surface area contributed by atoms with Gasteiger partial charge in [0, 0.05) is 17.0 Å². The molecule has 0 aromatic heterocycles. The minimum Gasteiger partial charge on any atom is -0.494 e. The van der Waals surface area contributed by atoms with Gasteiger partial charge in [-0.3, -0.25) is 0 Å². The predicted molar refractivity (Wildman–Crippen MR) is 94.5 cm³/mol. The number of benzene rings is 2. The van der Waals surface area contributed by atoms with Crippen molar-refractivity contribution in [1.82, 2.24) is 0 Å². The van der Waals surface area contributed by atoms with Crippen molar-refractivity contribution in [3.05, 3.63) is 65.5 Å². The number of halogens is 3. The molecule has 1 saturated heterocycles. The second-order valence-corrected chi connectivity index (χ2v) is 6.36. The Morgan fingerprint density at radius 1 is 1.08 bits per heavy atom. The highest BCUT2D eigenvalue weighted by molar-refractivity contribution is 5.66. The summed E-state index contributed by atoms with van der Waals surface area (Å²) in [6, 6.07) is 7.02. The highest BCUT2D eigenvalue weighted by Gasteiger charge is 2.26. The van der Waals surface area contributed by atoms with Crippen LogP contribution in [0.3, 0.4) is 0 Å². The van der Waals surface area contributed by atoms with Crippen LogP contribution >= 0.6 is 0 Å². The summed E-state index contributed by atoms with van der Waals surface area (Å²) in [6.45, 7) is 2.43. The van der Waals surface area contributed by atoms with Crippen LogP contribution in [-0.4, -0.2) is 13.7 Å². The van der Waals surface area contributed by atoms with Crippen molar-refractivity contribution >= 4 is 0 Å². The minimum atomic E-state index is -0.994. The van der Waals surface area contributed by atoms with Gasteiger partial charge in [-0.15, -0.1) is 0 Å². The van der Waals surface area contributed by atoms with Crippen molar-refractivity contribution in [2.24, 2.45) is 5.92 Å². The standard InChI is InChI=1S/C21H21F3O2/c1-3-4-13-5-9-18(26-12-13)16-8-7-15(20(23)21(16)24)14-6-10-19(25-2)17(22)11-14/h3-4,6-8,10-11,13,18H,5,9,12H2,1-2H3/b4-3+. The number of methoxy groups -OCH3 is 1. The molecule has 2 aromatic carbocycles. The van der Waals surface area contributed by atoms with Crippen molar-refractivity contribution in [2.45, 2.75) is 25.9 Å². The van der Waals surface area contributed by atoms with E-state index < -0.39 is 23.6 Å². The Kier molecular flexibility index (Phi) is 5.67. The molecule has 2 unspecified atom stereocenters. The molecule has 1 aliphatic rings. The van der Waals surface area contributed by atoms with E-state index in [-0.39, 0.29) is 22.4 Å². The molecule has 0 saturated carbocycles. The molecule has 0 N–H and O–H groups in total. The third kappa shape index (κ3) is 3.63. The van der Waals surface area contributed by atoms with E-state index in [0.717, 1.165) is 12.5 Å². The molecule has 1 heterocycles. The maximum atomic E-state index is 14.6. The van der Waals surface area contributed by atoms with Crippen LogP contribution in [0.5, 0.6) is 5.75 Å². The number of hydrogen-bond acceptors (Lipinski definition) is 2. The van der Waals surface area contributed by atoms with E-state index in [1.807, 2.05) is 13.0 Å². The predicted octanol–water partition coefficient (Wildman–Crippen LogP) is 5.82. The molecular formula is C21H21F3O2. The molecular weight excluding hydrogens is 341 g/mol. The zero-order valence-electron chi connectivity index (χ0n) is 14.8. The summed E-state index contributed by atoms with van der Waals surface area (Å²) in [6.07, 6.45) is 5.06. The first-order valence-corrected chi connectivity index (χ1v) is 8.61. The zero-order valence-corrected chi connectivity index (χ0v) is 14.8. The summed E-state index contributed by atoms with van der Waals surface area (Å²) in [5.74, 6) is -2.19. The lowest BCUT2D eigenvalue weighted by molar-refractivity contribution is -0.00743. The van der Waals surface area contributed by atoms with Gasteiger partial charge in [0.25, 0.3) is 0 Å². The summed E-state index contributed by atoms with van der Waals surface area (Å²) >= 11 is 0. The van der Waals surface area contributed by atoms with Crippen LogP contribution in [0.2, 0.25) is 0 Å². The second kappa shape index (κ2) is 7.96. The molecule has 0 amide bonds. The summed E-state index contributed by atoms with van der Waals surface area (Å²) in [5.41, 5.74) is 0.471. The Labute approximate surface area is 151 Å². The van der Waals surface area contributed by atoms with Crippen molar-refractivity contribution in [1.29, 1.82) is 0 Å². The van der Waals surface area contributed by atoms with Crippen LogP contribution in [0, 0.1) is 23.4 Å². The Morgan fingerprint density at radius 3 is 2.50 bits per heavy atom. The molecule has 3 rings (SSSR count). The molecule has 26 heavy (non-hydrogen) atoms. The van der Waals surface area contributed by atoms with Crippen molar-refractivity contribution in [2.75, 3.05) is 13.7 Å². The molecule has 2 aromatic rings. The number of allylic oxidation sites excluding steroid dienone is 1. The van der Waals surface area contributed by atoms with Gasteiger partial charge in [0.05, 0.1) is 19.8 Å². The smallest absolute Gasteiger partial charge is 0.167 e. The highest BCUT2D eigenvalue weighted by atomic mass is 19.2. The van der Waals surface area contributed by atoms with E-state index in [0.29, 0.717) is 18.9 Å². The van der Waals surface area contributed by atoms with Crippen molar-refractivity contribution in [3.8, 4) is 16.9 Å². The molecule has 138 valence electrons. The van der Waals surface area contributed by atoms with E-state index in [9.17, 15) is 13.2 Å². The van der Waals surface area contributed by atoms with Gasteiger partial charge in [-0.05, 0) is 37.5 Å². The van der Waals surface area contributed by atoms with Gasteiger partial charge in [0.1, 0.15) is 0 Å². The molecule has 2 nitrogen and oxygen atoms in total. The Hall–Kier alpha value is -2.27. The fourth-order valence-corrected chi connectivity index (χ4v) is 3.31. The molecule has 0 radical (unpaired) electrons. The average molecular weight is 362 g/mol. The third-order valence-electron chi connectivity index (χ3n) is 4.70. The minimum absolute atomic E-state index is 0.00963. The van der Waals surface area contributed by atoms with Gasteiger partial charge in [0.2, 0.25) is 0 Å². The summed E-state index contributed by atoms with van der Waals surface area (Å²) < 4.78 is 53.7. The summed E-state index contributed by atoms with van der Waals surface area (Å²) in [5, 5.41) is 0. The lowest BCUT2D eigenvalue weighted by Gasteiger charge is -2.28. The molecule has 1 aliphatic heterocycles. The fraction of sp³-hybridized carbons (Fsp3) is 0.333. The first kappa shape index (κ1) is 18.5. The molecule has 0 aliphatic carbocycles. The van der Waals surface area contributed by atoms with Gasteiger partial charge >= 0.3 is 0 Å². The molecule has 5 heteroatoms. The van der Waals surface area contributed by atoms with E-state index in [4.69, 9.17) is 9.47 Å². The molecule has 2 atom stereocenters. The highest BCUT2D eigenvalue weighted by Crippen LogP contribution is 2.36. The van der Waals surface area contributed by atoms with Crippen LogP contribution < -0.4 is 4.74 Å². The molecule has 0 bridgehead atoms. The van der Waals surface area contributed by atoms with E-state index in [1.165, 1.54) is 31.4 Å². The van der Waals surface area contributed by atoms with Crippen LogP contribution in [0.1, 0.15) is 31.4 Å². The summed E-state index contributed by atoms with van der Waals surface area (Å²) in [4.78, 5) is 0. The molecule has 0 spiro atoms. The van der Waals surface area contributed by atoms with Gasteiger partial charge in [0.15, 0.2) is 23.2 Å². The van der Waals surface area contributed by atoms with Crippen LogP contribution in [0.15, 0.2) is 42.5 Å². The largest absolute Gasteiger partial charge is 0.494 e. The number of hydrogen-bond donors (Lipinski definition) is 0. The van der Waals surface area contributed by atoms with Gasteiger partial charge in [-0.1, -0.05) is 30.4 Å². The number of rotatable bonds is 4. The first-order valence-electron chi connectivity index (χ1n) is 8.61. The Balaban J connectivity index is 1.86. The third-order valence-corrected chi connectivity index (χ3v) is 4.70. The van der Waals surface area contributed by atoms with Crippen LogP contribution in [-0.2, 0) is 4.74 Å².